The van der Waals surface area contributed by atoms with Gasteiger partial charge in [0.15, 0.2) is 0 Å². The molecule has 0 aliphatic heterocycles. The fraction of sp³-hybridized carbons (Fsp3) is 0.875. The number of quaternary nitrogens is 1. The number of aliphatic carboxylic acids is 1. The highest BCUT2D eigenvalue weighted by molar-refractivity contribution is 5.89. The number of unbranched alkanes of at least 4 members (excludes halogenated alkanes) is 2. The number of hydrogen-bond acceptors (Lipinski definition) is 8. The Balaban J connectivity index is 5.94. The second-order valence-corrected chi connectivity index (χ2v) is 12.4. The Morgan fingerprint density at radius 2 is 1.40 bits per heavy atom. The second-order valence-electron chi connectivity index (χ2n) is 12.4. The lowest BCUT2D eigenvalue weighted by Crippen LogP contribution is -2.50. The van der Waals surface area contributed by atoms with Crippen molar-refractivity contribution >= 4 is 23.8 Å². The number of hydrogen-bond donors (Lipinski definition) is 1. The van der Waals surface area contributed by atoms with Crippen molar-refractivity contribution in [3.05, 3.63) is 0 Å². The normalized spacial score (nSPS) is 14.5. The molecule has 0 aliphatic rings. The van der Waals surface area contributed by atoms with E-state index in [0.717, 1.165) is 51.4 Å². The van der Waals surface area contributed by atoms with E-state index in [2.05, 4.69) is 13.8 Å². The number of nitrogens with zero attached hydrogens (tertiary/aromatic N) is 2. The molecule has 1 amide bonds. The highest BCUT2D eigenvalue weighted by Gasteiger charge is 2.34. The molecule has 0 saturated heterocycles. The second kappa shape index (κ2) is 22.4. The summed E-state index contributed by atoms with van der Waals surface area (Å²) in [6.07, 6.45) is 6.42. The first-order chi connectivity index (χ1) is 19.8. The summed E-state index contributed by atoms with van der Waals surface area (Å²) >= 11 is 0. The predicted octanol–water partition coefficient (Wildman–Crippen LogP) is 3.47. The molecule has 0 rings (SSSR count). The van der Waals surface area contributed by atoms with E-state index in [0.29, 0.717) is 24.0 Å². The maximum atomic E-state index is 13.5. The smallest absolute Gasteiger partial charge is 0.329 e. The molecule has 0 aromatic carbocycles. The van der Waals surface area contributed by atoms with Gasteiger partial charge in [0.25, 0.3) is 0 Å². The van der Waals surface area contributed by atoms with Crippen molar-refractivity contribution in [3.8, 4) is 0 Å². The Hall–Kier alpha value is -2.20. The van der Waals surface area contributed by atoms with Crippen molar-refractivity contribution in [1.82, 2.24) is 4.90 Å². The topological polar surface area (TPSA) is 133 Å². The monoisotopic (exact) mass is 600 g/mol. The largest absolute Gasteiger partial charge is 0.550 e. The zero-order valence-electron chi connectivity index (χ0n) is 27.5. The number of esters is 2. The van der Waals surface area contributed by atoms with E-state index >= 15 is 0 Å². The van der Waals surface area contributed by atoms with E-state index in [4.69, 9.17) is 9.47 Å². The van der Waals surface area contributed by atoms with Crippen LogP contribution in [0, 0.1) is 11.8 Å². The van der Waals surface area contributed by atoms with E-state index in [1.807, 2.05) is 27.9 Å². The lowest BCUT2D eigenvalue weighted by molar-refractivity contribution is -0.893. The number of carboxylic acid groups (broad SMARTS) is 1. The molecule has 0 heterocycles. The van der Waals surface area contributed by atoms with Crippen LogP contribution in [0.2, 0.25) is 0 Å². The SMILES string of the molecule is CCCCC(CC)COC(=O)CC(C(=O)OCC(CC)CCCC)N(CCC[N+](C)(C)CC(C)O)C(=O)CCC(=O)[O-]. The van der Waals surface area contributed by atoms with Crippen LogP contribution in [-0.2, 0) is 28.7 Å². The molecule has 4 unspecified atom stereocenters. The number of aliphatic hydroxyl groups excluding tert-OH is 1. The van der Waals surface area contributed by atoms with Gasteiger partial charge in [-0.3, -0.25) is 9.59 Å². The molecular formula is C32H60N2O8. The van der Waals surface area contributed by atoms with Crippen LogP contribution in [0.5, 0.6) is 0 Å². The van der Waals surface area contributed by atoms with Crippen LogP contribution in [-0.4, -0.2) is 97.4 Å². The Morgan fingerprint density at radius 1 is 0.857 bits per heavy atom. The van der Waals surface area contributed by atoms with Crippen molar-refractivity contribution in [2.75, 3.05) is 46.9 Å². The standard InChI is InChI=1S/C32H60N2O8/c1-8-12-15-26(10-3)23-41-31(39)21-28(32(40)42-24-27(11-4)16-13-9-2)33(29(36)17-18-30(37)38)19-14-20-34(6,7)22-25(5)35/h25-28,35H,8-24H2,1-7H3. The van der Waals surface area contributed by atoms with Gasteiger partial charge in [0, 0.05) is 25.4 Å². The number of carbonyl (C=O) groups excluding carboxylic acids is 4. The van der Waals surface area contributed by atoms with Crippen LogP contribution in [0.3, 0.4) is 0 Å². The molecule has 0 bridgehead atoms. The molecule has 10 nitrogen and oxygen atoms in total. The van der Waals surface area contributed by atoms with Crippen LogP contribution in [0.25, 0.3) is 0 Å². The quantitative estimate of drug-likeness (QED) is 0.124. The van der Waals surface area contributed by atoms with Gasteiger partial charge in [-0.25, -0.2) is 4.79 Å². The Kier molecular flexibility index (Phi) is 21.2. The van der Waals surface area contributed by atoms with Crippen molar-refractivity contribution in [3.63, 3.8) is 0 Å². The maximum Gasteiger partial charge on any atom is 0.329 e. The summed E-state index contributed by atoms with van der Waals surface area (Å²) < 4.78 is 11.8. The third kappa shape index (κ3) is 18.4. The summed E-state index contributed by atoms with van der Waals surface area (Å²) in [6, 6.07) is -1.22. The molecule has 0 fully saturated rings. The van der Waals surface area contributed by atoms with E-state index in [-0.39, 0.29) is 44.4 Å². The number of likely N-dealkylation sites (N-methyl/N-ethyl adjacent to an activating group) is 1. The average Bonchev–Trinajstić information content (AvgIpc) is 2.92. The third-order valence-corrected chi connectivity index (χ3v) is 7.82. The average molecular weight is 601 g/mol. The Morgan fingerprint density at radius 3 is 1.88 bits per heavy atom. The van der Waals surface area contributed by atoms with Crippen LogP contribution in [0.1, 0.15) is 112 Å². The first kappa shape index (κ1) is 39.8. The number of carbonyl (C=O) groups is 4. The Labute approximate surface area is 254 Å². The molecule has 0 aliphatic carbocycles. The Bertz CT molecular complexity index is 786. The molecule has 10 heteroatoms. The van der Waals surface area contributed by atoms with Crippen molar-refractivity contribution in [2.45, 2.75) is 124 Å². The molecule has 0 radical (unpaired) electrons. The minimum Gasteiger partial charge on any atom is -0.550 e. The highest BCUT2D eigenvalue weighted by atomic mass is 16.5. The predicted molar refractivity (Wildman–Crippen MR) is 161 cm³/mol. The molecule has 42 heavy (non-hydrogen) atoms. The summed E-state index contributed by atoms with van der Waals surface area (Å²) in [7, 11) is 3.92. The first-order valence-corrected chi connectivity index (χ1v) is 16.1. The van der Waals surface area contributed by atoms with Gasteiger partial charge in [-0.05, 0) is 38.0 Å². The van der Waals surface area contributed by atoms with Gasteiger partial charge in [0.05, 0.1) is 40.3 Å². The molecule has 4 atom stereocenters. The minimum absolute atomic E-state index is 0.127. The third-order valence-electron chi connectivity index (χ3n) is 7.82. The van der Waals surface area contributed by atoms with Crippen molar-refractivity contribution < 1.29 is 43.3 Å². The van der Waals surface area contributed by atoms with Crippen LogP contribution in [0.4, 0.5) is 0 Å². The fourth-order valence-electron chi connectivity index (χ4n) is 5.12. The van der Waals surface area contributed by atoms with Crippen LogP contribution >= 0.6 is 0 Å². The van der Waals surface area contributed by atoms with Gasteiger partial charge in [-0.15, -0.1) is 0 Å². The van der Waals surface area contributed by atoms with Gasteiger partial charge >= 0.3 is 11.9 Å². The summed E-state index contributed by atoms with van der Waals surface area (Å²) in [5.74, 6) is -2.80. The number of amides is 1. The lowest BCUT2D eigenvalue weighted by Gasteiger charge is -2.34. The first-order valence-electron chi connectivity index (χ1n) is 16.1. The van der Waals surface area contributed by atoms with Gasteiger partial charge in [0.2, 0.25) is 5.91 Å². The van der Waals surface area contributed by atoms with Gasteiger partial charge < -0.3 is 33.9 Å². The summed E-state index contributed by atoms with van der Waals surface area (Å²) in [4.78, 5) is 52.3. The molecule has 1 N–H and O–H groups in total. The van der Waals surface area contributed by atoms with Crippen LogP contribution in [0.15, 0.2) is 0 Å². The van der Waals surface area contributed by atoms with Crippen LogP contribution < -0.4 is 5.11 Å². The van der Waals surface area contributed by atoms with E-state index in [9.17, 15) is 29.4 Å². The van der Waals surface area contributed by atoms with Gasteiger partial charge in [-0.2, -0.15) is 0 Å². The lowest BCUT2D eigenvalue weighted by atomic mass is 10.0. The fourth-order valence-corrected chi connectivity index (χ4v) is 5.12. The summed E-state index contributed by atoms with van der Waals surface area (Å²) in [6.45, 7) is 11.7. The van der Waals surface area contributed by atoms with Crippen molar-refractivity contribution in [2.24, 2.45) is 11.8 Å². The van der Waals surface area contributed by atoms with Gasteiger partial charge in [0.1, 0.15) is 18.7 Å². The molecule has 0 spiro atoms. The highest BCUT2D eigenvalue weighted by Crippen LogP contribution is 2.18. The number of rotatable bonds is 25. The van der Waals surface area contributed by atoms with E-state index < -0.39 is 42.4 Å². The number of carboxylic acids is 1. The molecule has 0 saturated carbocycles. The summed E-state index contributed by atoms with van der Waals surface area (Å²) in [5.41, 5.74) is 0. The molecule has 0 aromatic heterocycles. The number of aliphatic hydroxyl groups is 1. The maximum absolute atomic E-state index is 13.5. The minimum atomic E-state index is -1.36. The molecule has 246 valence electrons. The zero-order valence-corrected chi connectivity index (χ0v) is 27.5. The zero-order chi connectivity index (χ0) is 32.1. The summed E-state index contributed by atoms with van der Waals surface area (Å²) in [5, 5.41) is 21.0. The van der Waals surface area contributed by atoms with Crippen molar-refractivity contribution in [1.29, 1.82) is 0 Å². The number of ether oxygens (including phenoxy) is 2. The van der Waals surface area contributed by atoms with E-state index in [1.54, 1.807) is 6.92 Å². The molecular weight excluding hydrogens is 540 g/mol. The van der Waals surface area contributed by atoms with E-state index in [1.165, 1.54) is 4.90 Å². The molecule has 0 aromatic rings. The van der Waals surface area contributed by atoms with Gasteiger partial charge in [-0.1, -0.05) is 66.2 Å².